The van der Waals surface area contributed by atoms with Crippen molar-refractivity contribution in [2.75, 3.05) is 57.4 Å². The first-order valence-electron chi connectivity index (χ1n) is 10.6. The topological polar surface area (TPSA) is 88.0 Å². The highest BCUT2D eigenvalue weighted by atomic mass is 16.6. The van der Waals surface area contributed by atoms with Crippen molar-refractivity contribution < 1.29 is 14.5 Å². The average molecular weight is 405 g/mol. The third-order valence-electron chi connectivity index (χ3n) is 5.67. The van der Waals surface area contributed by atoms with Gasteiger partial charge in [0.05, 0.1) is 29.4 Å². The Morgan fingerprint density at radius 1 is 1.24 bits per heavy atom. The Kier molecular flexibility index (Phi) is 7.44. The molecule has 1 aromatic rings. The number of hydrogen-bond donors (Lipinski definition) is 1. The maximum absolute atomic E-state index is 12.8. The number of piperidine rings is 1. The molecular weight excluding hydrogens is 372 g/mol. The van der Waals surface area contributed by atoms with Crippen LogP contribution in [0.25, 0.3) is 0 Å². The Labute approximate surface area is 172 Å². The number of nitro benzene ring substituents is 1. The predicted molar refractivity (Wildman–Crippen MR) is 112 cm³/mol. The van der Waals surface area contributed by atoms with Gasteiger partial charge >= 0.3 is 0 Å². The van der Waals surface area contributed by atoms with Crippen LogP contribution in [0.3, 0.4) is 0 Å². The van der Waals surface area contributed by atoms with Crippen LogP contribution in [0.2, 0.25) is 0 Å². The summed E-state index contributed by atoms with van der Waals surface area (Å²) in [6.07, 6.45) is 2.15. The summed E-state index contributed by atoms with van der Waals surface area (Å²) < 4.78 is 5.38. The van der Waals surface area contributed by atoms with Gasteiger partial charge in [0.2, 0.25) is 0 Å². The van der Waals surface area contributed by atoms with Gasteiger partial charge in [-0.05, 0) is 37.3 Å². The molecule has 2 atom stereocenters. The maximum atomic E-state index is 12.8. The Balaban J connectivity index is 1.59. The van der Waals surface area contributed by atoms with Gasteiger partial charge in [0, 0.05) is 44.9 Å². The quantitative estimate of drug-likeness (QED) is 0.427. The van der Waals surface area contributed by atoms with Crippen LogP contribution >= 0.6 is 0 Å². The fraction of sp³-hybridized carbons (Fsp3) is 0.667. The third kappa shape index (κ3) is 5.90. The van der Waals surface area contributed by atoms with E-state index in [2.05, 4.69) is 29.0 Å². The Bertz CT molecular complexity index is 711. The number of anilines is 1. The number of amides is 1. The largest absolute Gasteiger partial charge is 0.378 e. The number of ether oxygens (including phenoxy) is 1. The van der Waals surface area contributed by atoms with E-state index in [-0.39, 0.29) is 11.6 Å². The lowest BCUT2D eigenvalue weighted by Crippen LogP contribution is -2.40. The van der Waals surface area contributed by atoms with E-state index >= 15 is 0 Å². The summed E-state index contributed by atoms with van der Waals surface area (Å²) >= 11 is 0. The van der Waals surface area contributed by atoms with Crippen LogP contribution in [0.5, 0.6) is 0 Å². The van der Waals surface area contributed by atoms with Crippen molar-refractivity contribution in [2.24, 2.45) is 11.8 Å². The monoisotopic (exact) mass is 404 g/mol. The first-order chi connectivity index (χ1) is 13.9. The molecular formula is C21H32N4O4. The number of benzene rings is 1. The van der Waals surface area contributed by atoms with Crippen molar-refractivity contribution in [3.63, 3.8) is 0 Å². The smallest absolute Gasteiger partial charge is 0.270 e. The molecule has 1 amide bonds. The summed E-state index contributed by atoms with van der Waals surface area (Å²) in [4.78, 5) is 28.1. The highest BCUT2D eigenvalue weighted by Crippen LogP contribution is 2.26. The number of carbonyl (C=O) groups excluding carboxylic acids is 1. The van der Waals surface area contributed by atoms with E-state index in [1.54, 1.807) is 6.07 Å². The van der Waals surface area contributed by atoms with Crippen LogP contribution in [0.15, 0.2) is 18.2 Å². The molecule has 2 unspecified atom stereocenters. The van der Waals surface area contributed by atoms with E-state index in [0.29, 0.717) is 50.2 Å². The van der Waals surface area contributed by atoms with Gasteiger partial charge in [0.1, 0.15) is 0 Å². The fourth-order valence-electron chi connectivity index (χ4n) is 4.47. The molecule has 0 aliphatic carbocycles. The second kappa shape index (κ2) is 10.0. The van der Waals surface area contributed by atoms with Crippen molar-refractivity contribution in [1.82, 2.24) is 10.2 Å². The first kappa shape index (κ1) is 21.5. The zero-order valence-electron chi connectivity index (χ0n) is 17.4. The number of nitrogens with zero attached hydrogens (tertiary/aromatic N) is 3. The summed E-state index contributed by atoms with van der Waals surface area (Å²) in [5.41, 5.74) is 1.03. The van der Waals surface area contributed by atoms with Crippen LogP contribution < -0.4 is 10.2 Å². The molecule has 2 heterocycles. The average Bonchev–Trinajstić information content (AvgIpc) is 2.70. The first-order valence-corrected chi connectivity index (χ1v) is 10.6. The van der Waals surface area contributed by atoms with Crippen molar-refractivity contribution in [3.8, 4) is 0 Å². The molecule has 3 rings (SSSR count). The van der Waals surface area contributed by atoms with Gasteiger partial charge in [0.25, 0.3) is 11.6 Å². The molecule has 160 valence electrons. The summed E-state index contributed by atoms with van der Waals surface area (Å²) in [5.74, 6) is 1.18. The van der Waals surface area contributed by atoms with E-state index in [1.165, 1.54) is 18.6 Å². The third-order valence-corrected chi connectivity index (χ3v) is 5.67. The number of likely N-dealkylation sites (tertiary alicyclic amines) is 1. The molecule has 29 heavy (non-hydrogen) atoms. The maximum Gasteiger partial charge on any atom is 0.270 e. The molecule has 2 aliphatic rings. The number of rotatable bonds is 7. The van der Waals surface area contributed by atoms with Crippen molar-refractivity contribution in [2.45, 2.75) is 26.7 Å². The number of non-ortho nitro benzene ring substituents is 1. The fourth-order valence-corrected chi connectivity index (χ4v) is 4.47. The molecule has 1 N–H and O–H groups in total. The second-order valence-corrected chi connectivity index (χ2v) is 8.37. The number of nitro groups is 1. The van der Waals surface area contributed by atoms with Gasteiger partial charge in [-0.2, -0.15) is 0 Å². The number of carbonyl (C=O) groups is 1. The summed E-state index contributed by atoms with van der Waals surface area (Å²) in [6, 6.07) is 4.52. The number of hydrogen-bond acceptors (Lipinski definition) is 6. The van der Waals surface area contributed by atoms with E-state index in [1.807, 2.05) is 0 Å². The van der Waals surface area contributed by atoms with Gasteiger partial charge in [-0.15, -0.1) is 0 Å². The molecule has 0 aromatic heterocycles. The molecule has 2 saturated heterocycles. The van der Waals surface area contributed by atoms with Crippen LogP contribution in [-0.4, -0.2) is 68.2 Å². The van der Waals surface area contributed by atoms with E-state index in [4.69, 9.17) is 4.74 Å². The van der Waals surface area contributed by atoms with Gasteiger partial charge < -0.3 is 19.9 Å². The van der Waals surface area contributed by atoms with Crippen LogP contribution in [0, 0.1) is 22.0 Å². The zero-order chi connectivity index (χ0) is 20.8. The van der Waals surface area contributed by atoms with E-state index in [9.17, 15) is 14.9 Å². The van der Waals surface area contributed by atoms with E-state index in [0.717, 1.165) is 31.7 Å². The van der Waals surface area contributed by atoms with Gasteiger partial charge in [0.15, 0.2) is 0 Å². The molecule has 8 heteroatoms. The number of morpholine rings is 1. The summed E-state index contributed by atoms with van der Waals surface area (Å²) in [6.45, 7) is 10.8. The highest BCUT2D eigenvalue weighted by molar-refractivity contribution is 6.00. The van der Waals surface area contributed by atoms with Crippen LogP contribution in [0.4, 0.5) is 11.4 Å². The SMILES string of the molecule is CC1CC(C)CN(CCCNC(=O)c2cc([N+](=O)[O-])ccc2N2CCOCC2)C1. The molecule has 2 aliphatic heterocycles. The van der Waals surface area contributed by atoms with Crippen LogP contribution in [-0.2, 0) is 4.74 Å². The van der Waals surface area contributed by atoms with Gasteiger partial charge in [-0.25, -0.2) is 0 Å². The Morgan fingerprint density at radius 3 is 2.59 bits per heavy atom. The molecule has 0 spiro atoms. The number of nitrogens with one attached hydrogen (secondary N) is 1. The van der Waals surface area contributed by atoms with Crippen LogP contribution in [0.1, 0.15) is 37.0 Å². The highest BCUT2D eigenvalue weighted by Gasteiger charge is 2.23. The minimum atomic E-state index is -0.460. The standard InChI is InChI=1S/C21H32N4O4/c1-16-12-17(2)15-23(14-16)7-3-6-22-21(26)19-13-18(25(27)28)4-5-20(19)24-8-10-29-11-9-24/h4-5,13,16-17H,3,6-12,14-15H2,1-2H3,(H,22,26). The lowest BCUT2D eigenvalue weighted by molar-refractivity contribution is -0.384. The molecule has 8 nitrogen and oxygen atoms in total. The lowest BCUT2D eigenvalue weighted by atomic mass is 9.92. The summed E-state index contributed by atoms with van der Waals surface area (Å²) in [7, 11) is 0. The molecule has 0 radical (unpaired) electrons. The van der Waals surface area contributed by atoms with E-state index < -0.39 is 4.92 Å². The van der Waals surface area contributed by atoms with Gasteiger partial charge in [-0.3, -0.25) is 14.9 Å². The summed E-state index contributed by atoms with van der Waals surface area (Å²) in [5, 5.41) is 14.1. The second-order valence-electron chi connectivity index (χ2n) is 8.37. The minimum absolute atomic E-state index is 0.0662. The minimum Gasteiger partial charge on any atom is -0.378 e. The Morgan fingerprint density at radius 2 is 1.93 bits per heavy atom. The van der Waals surface area contributed by atoms with Crippen molar-refractivity contribution >= 4 is 17.3 Å². The predicted octanol–water partition coefficient (Wildman–Crippen LogP) is 2.53. The Hall–Kier alpha value is -2.19. The molecule has 0 saturated carbocycles. The zero-order valence-corrected chi connectivity index (χ0v) is 17.4. The van der Waals surface area contributed by atoms with Crippen molar-refractivity contribution in [1.29, 1.82) is 0 Å². The normalized spacial score (nSPS) is 23.0. The lowest BCUT2D eigenvalue weighted by Gasteiger charge is -2.35. The van der Waals surface area contributed by atoms with Crippen molar-refractivity contribution in [3.05, 3.63) is 33.9 Å². The molecule has 1 aromatic carbocycles. The van der Waals surface area contributed by atoms with Gasteiger partial charge in [-0.1, -0.05) is 13.8 Å². The molecule has 2 fully saturated rings. The molecule has 0 bridgehead atoms.